The van der Waals surface area contributed by atoms with E-state index in [1.807, 2.05) is 73.1 Å². The molecular formula is C24H17Cl2N3O2S. The number of benzene rings is 2. The van der Waals surface area contributed by atoms with Crippen molar-refractivity contribution in [1.29, 1.82) is 0 Å². The van der Waals surface area contributed by atoms with E-state index >= 15 is 0 Å². The molecule has 2 aromatic carbocycles. The predicted octanol–water partition coefficient (Wildman–Crippen LogP) is 6.92. The number of carbonyl (C=O) groups is 1. The molecule has 0 N–H and O–H groups in total. The Hall–Kier alpha value is -2.93. The molecule has 3 heterocycles. The van der Waals surface area contributed by atoms with E-state index in [9.17, 15) is 4.79 Å². The summed E-state index contributed by atoms with van der Waals surface area (Å²) in [6.07, 6.45) is 0. The topological polar surface area (TPSA) is 57.0 Å². The van der Waals surface area contributed by atoms with Gasteiger partial charge in [0.05, 0.1) is 27.6 Å². The molecule has 3 aromatic heterocycles. The molecule has 0 saturated heterocycles. The van der Waals surface area contributed by atoms with E-state index in [-0.39, 0.29) is 6.61 Å². The van der Waals surface area contributed by atoms with E-state index in [2.05, 4.69) is 10.1 Å². The molecule has 0 aliphatic rings. The average Bonchev–Trinajstić information content (AvgIpc) is 3.36. The number of hydrogen-bond donors (Lipinski definition) is 0. The van der Waals surface area contributed by atoms with Gasteiger partial charge in [-0.15, -0.1) is 11.3 Å². The van der Waals surface area contributed by atoms with Gasteiger partial charge >= 0.3 is 5.97 Å². The van der Waals surface area contributed by atoms with E-state index in [1.54, 1.807) is 0 Å². The van der Waals surface area contributed by atoms with Crippen LogP contribution in [0.25, 0.3) is 26.8 Å². The Kier molecular flexibility index (Phi) is 5.37. The van der Waals surface area contributed by atoms with Crippen molar-refractivity contribution in [2.24, 2.45) is 0 Å². The molecule has 5 rings (SSSR count). The first-order valence-electron chi connectivity index (χ1n) is 9.88. The van der Waals surface area contributed by atoms with Crippen LogP contribution in [0.1, 0.15) is 26.6 Å². The molecule has 0 fully saturated rings. The Labute approximate surface area is 198 Å². The van der Waals surface area contributed by atoms with Crippen molar-refractivity contribution in [3.63, 3.8) is 0 Å². The van der Waals surface area contributed by atoms with Crippen LogP contribution in [0.15, 0.2) is 54.6 Å². The van der Waals surface area contributed by atoms with Crippen LogP contribution in [-0.2, 0) is 11.3 Å². The van der Waals surface area contributed by atoms with Crippen LogP contribution in [0.2, 0.25) is 10.0 Å². The zero-order chi connectivity index (χ0) is 22.4. The molecule has 8 heteroatoms. The monoisotopic (exact) mass is 481 g/mol. The number of esters is 1. The number of pyridine rings is 1. The molecule has 0 aliphatic carbocycles. The summed E-state index contributed by atoms with van der Waals surface area (Å²) in [6.45, 7) is 3.85. The normalized spacial score (nSPS) is 11.4. The maximum Gasteiger partial charge on any atom is 0.348 e. The fraction of sp³-hybridized carbons (Fsp3) is 0.125. The second-order valence-electron chi connectivity index (χ2n) is 7.39. The van der Waals surface area contributed by atoms with E-state index in [4.69, 9.17) is 27.9 Å². The van der Waals surface area contributed by atoms with Gasteiger partial charge in [0, 0.05) is 15.8 Å². The van der Waals surface area contributed by atoms with E-state index in [1.165, 1.54) is 11.3 Å². The number of rotatable bonds is 4. The second-order valence-corrected chi connectivity index (χ2v) is 9.24. The summed E-state index contributed by atoms with van der Waals surface area (Å²) in [5, 5.41) is 7.66. The molecule has 0 atom stereocenters. The van der Waals surface area contributed by atoms with Crippen molar-refractivity contribution >= 4 is 61.6 Å². The van der Waals surface area contributed by atoms with Gasteiger partial charge in [-0.3, -0.25) is 0 Å². The number of hydrogen-bond acceptors (Lipinski definition) is 5. The summed E-state index contributed by atoms with van der Waals surface area (Å²) >= 11 is 13.8. The summed E-state index contributed by atoms with van der Waals surface area (Å²) in [7, 11) is 0. The van der Waals surface area contributed by atoms with Crippen molar-refractivity contribution in [3.05, 3.63) is 86.5 Å². The van der Waals surface area contributed by atoms with Crippen molar-refractivity contribution < 1.29 is 9.53 Å². The van der Waals surface area contributed by atoms with E-state index in [0.717, 1.165) is 38.1 Å². The minimum atomic E-state index is -0.420. The lowest BCUT2D eigenvalue weighted by molar-refractivity contribution is 0.0474. The van der Waals surface area contributed by atoms with Gasteiger partial charge in [0.25, 0.3) is 0 Å². The van der Waals surface area contributed by atoms with E-state index < -0.39 is 5.97 Å². The van der Waals surface area contributed by atoms with Crippen LogP contribution in [0.4, 0.5) is 0 Å². The zero-order valence-corrected chi connectivity index (χ0v) is 19.6. The van der Waals surface area contributed by atoms with Crippen molar-refractivity contribution in [2.75, 3.05) is 0 Å². The molecule has 0 amide bonds. The van der Waals surface area contributed by atoms with Crippen molar-refractivity contribution in [1.82, 2.24) is 14.8 Å². The molecule has 0 aliphatic heterocycles. The van der Waals surface area contributed by atoms with Crippen LogP contribution in [0.3, 0.4) is 0 Å². The highest BCUT2D eigenvalue weighted by Gasteiger charge is 2.19. The minimum absolute atomic E-state index is 0.000121. The fourth-order valence-corrected chi connectivity index (χ4v) is 5.02. The molecule has 0 saturated carbocycles. The third-order valence-corrected chi connectivity index (χ3v) is 7.15. The van der Waals surface area contributed by atoms with Crippen LogP contribution in [0, 0.1) is 13.8 Å². The number of aryl methyl sites for hydroxylation is 2. The lowest BCUT2D eigenvalue weighted by Gasteiger charge is -2.10. The predicted molar refractivity (Wildman–Crippen MR) is 129 cm³/mol. The smallest absolute Gasteiger partial charge is 0.348 e. The van der Waals surface area contributed by atoms with E-state index in [0.29, 0.717) is 20.6 Å². The first kappa shape index (κ1) is 20.9. The number of aromatic nitrogens is 3. The number of nitrogens with zero attached hydrogens (tertiary/aromatic N) is 3. The number of carbonyl (C=O) groups excluding carboxylic acids is 1. The number of halogens is 2. The molecule has 5 aromatic rings. The maximum absolute atomic E-state index is 12.8. The summed E-state index contributed by atoms with van der Waals surface area (Å²) in [4.78, 5) is 18.8. The van der Waals surface area contributed by atoms with Crippen molar-refractivity contribution in [3.8, 4) is 5.69 Å². The Morgan fingerprint density at radius 3 is 2.59 bits per heavy atom. The van der Waals surface area contributed by atoms with Crippen LogP contribution in [0.5, 0.6) is 0 Å². The number of para-hydroxylation sites is 1. The zero-order valence-electron chi connectivity index (χ0n) is 17.2. The first-order valence-corrected chi connectivity index (χ1v) is 11.5. The third kappa shape index (κ3) is 3.64. The summed E-state index contributed by atoms with van der Waals surface area (Å²) < 4.78 is 7.39. The highest BCUT2D eigenvalue weighted by molar-refractivity contribution is 7.20. The van der Waals surface area contributed by atoms with Gasteiger partial charge in [0.15, 0.2) is 0 Å². The summed E-state index contributed by atoms with van der Waals surface area (Å²) in [6, 6.07) is 17.0. The SMILES string of the molecule is Cc1c(Cl)c(COC(=O)c2cc3c(C)nn(-c4ccc(Cl)cc4)c3s2)nc2ccccc12. The summed E-state index contributed by atoms with van der Waals surface area (Å²) in [5.74, 6) is -0.420. The van der Waals surface area contributed by atoms with Gasteiger partial charge in [0.1, 0.15) is 16.3 Å². The average molecular weight is 482 g/mol. The Morgan fingerprint density at radius 2 is 1.81 bits per heavy atom. The molecule has 0 bridgehead atoms. The highest BCUT2D eigenvalue weighted by atomic mass is 35.5. The standard InChI is InChI=1S/C24H17Cl2N3O2S/c1-13-17-5-3-4-6-19(17)27-20(22(13)26)12-31-24(30)21-11-18-14(2)28-29(23(18)32-21)16-9-7-15(25)8-10-16/h3-11H,12H2,1-2H3. The third-order valence-electron chi connectivity index (χ3n) is 5.30. The number of fused-ring (bicyclic) bond motifs is 2. The van der Waals surface area contributed by atoms with Gasteiger partial charge in [-0.25, -0.2) is 14.5 Å². The second kappa shape index (κ2) is 8.20. The maximum atomic E-state index is 12.8. The van der Waals surface area contributed by atoms with Crippen molar-refractivity contribution in [2.45, 2.75) is 20.5 Å². The Balaban J connectivity index is 1.42. The lowest BCUT2D eigenvalue weighted by Crippen LogP contribution is -2.06. The van der Waals surface area contributed by atoms with Gasteiger partial charge in [-0.05, 0) is 55.8 Å². The van der Waals surface area contributed by atoms with Crippen LogP contribution >= 0.6 is 34.5 Å². The quantitative estimate of drug-likeness (QED) is 0.261. The lowest BCUT2D eigenvalue weighted by atomic mass is 10.1. The number of thiophene rings is 1. The molecule has 32 heavy (non-hydrogen) atoms. The molecule has 160 valence electrons. The first-order chi connectivity index (χ1) is 15.4. The van der Waals surface area contributed by atoms with Gasteiger partial charge < -0.3 is 4.74 Å². The molecule has 0 spiro atoms. The molecule has 5 nitrogen and oxygen atoms in total. The Bertz CT molecular complexity index is 1490. The number of ether oxygens (including phenoxy) is 1. The minimum Gasteiger partial charge on any atom is -0.455 e. The largest absolute Gasteiger partial charge is 0.455 e. The van der Waals surface area contributed by atoms with Crippen LogP contribution < -0.4 is 0 Å². The van der Waals surface area contributed by atoms with Gasteiger partial charge in [-0.2, -0.15) is 5.10 Å². The Morgan fingerprint density at radius 1 is 1.06 bits per heavy atom. The molecule has 0 radical (unpaired) electrons. The molecule has 0 unspecified atom stereocenters. The molecular weight excluding hydrogens is 465 g/mol. The van der Waals surface area contributed by atoms with Crippen LogP contribution in [-0.4, -0.2) is 20.7 Å². The van der Waals surface area contributed by atoms with Gasteiger partial charge in [0.2, 0.25) is 0 Å². The van der Waals surface area contributed by atoms with Gasteiger partial charge in [-0.1, -0.05) is 41.4 Å². The highest BCUT2D eigenvalue weighted by Crippen LogP contribution is 2.32. The summed E-state index contributed by atoms with van der Waals surface area (Å²) in [5.41, 5.74) is 3.99. The fourth-order valence-electron chi connectivity index (χ4n) is 3.62.